The highest BCUT2D eigenvalue weighted by Crippen LogP contribution is 2.21. The number of carbonyl (C=O) groups excluding carboxylic acids is 3. The van der Waals surface area contributed by atoms with Gasteiger partial charge < -0.3 is 15.5 Å². The van der Waals surface area contributed by atoms with Crippen molar-refractivity contribution in [2.24, 2.45) is 5.92 Å². The van der Waals surface area contributed by atoms with Gasteiger partial charge in [-0.15, -0.1) is 0 Å². The number of benzene rings is 1. The molecule has 0 aromatic heterocycles. The van der Waals surface area contributed by atoms with Crippen LogP contribution in [0.3, 0.4) is 0 Å². The maximum absolute atomic E-state index is 12.8. The average molecular weight is 403 g/mol. The van der Waals surface area contributed by atoms with E-state index in [9.17, 15) is 14.4 Å². The highest BCUT2D eigenvalue weighted by Gasteiger charge is 2.25. The monoisotopic (exact) mass is 402 g/mol. The van der Waals surface area contributed by atoms with Gasteiger partial charge in [0, 0.05) is 27.6 Å². The first-order chi connectivity index (χ1) is 13.8. The van der Waals surface area contributed by atoms with Gasteiger partial charge in [-0.3, -0.25) is 19.3 Å². The summed E-state index contributed by atoms with van der Waals surface area (Å²) in [6.45, 7) is 6.37. The van der Waals surface area contributed by atoms with E-state index in [-0.39, 0.29) is 30.2 Å². The molecule has 1 fully saturated rings. The summed E-state index contributed by atoms with van der Waals surface area (Å²) in [5.74, 6) is 0.353. The lowest BCUT2D eigenvalue weighted by molar-refractivity contribution is -0.131. The third-order valence-corrected chi connectivity index (χ3v) is 5.55. The molecule has 1 aliphatic rings. The summed E-state index contributed by atoms with van der Waals surface area (Å²) < 4.78 is 0. The molecule has 1 aromatic carbocycles. The third-order valence-electron chi connectivity index (χ3n) is 5.55. The second kappa shape index (κ2) is 11.0. The summed E-state index contributed by atoms with van der Waals surface area (Å²) in [7, 11) is 3.49. The first-order valence-electron chi connectivity index (χ1n) is 10.3. The molecule has 1 atom stereocenters. The van der Waals surface area contributed by atoms with Gasteiger partial charge in [0.25, 0.3) is 0 Å². The minimum absolute atomic E-state index is 0.0251. The number of rotatable bonds is 8. The van der Waals surface area contributed by atoms with Gasteiger partial charge in [0.05, 0.1) is 19.0 Å². The van der Waals surface area contributed by atoms with Crippen molar-refractivity contribution in [3.8, 4) is 0 Å². The number of carbonyl (C=O) groups is 3. The van der Waals surface area contributed by atoms with Crippen LogP contribution in [0.15, 0.2) is 24.3 Å². The molecule has 7 nitrogen and oxygen atoms in total. The standard InChI is InChI=1S/C22H34N4O3/c1-16-5-7-19(8-6-16)20(24-17(2)27)13-22(29)25(4)14-18-9-11-26(12-10-18)15-21(28)23-3/h5-8,18,20H,9-15H2,1-4H3,(H,23,28)(H,24,27). The summed E-state index contributed by atoms with van der Waals surface area (Å²) in [5.41, 5.74) is 2.08. The van der Waals surface area contributed by atoms with E-state index in [0.29, 0.717) is 19.0 Å². The van der Waals surface area contributed by atoms with Crippen LogP contribution in [-0.2, 0) is 14.4 Å². The van der Waals surface area contributed by atoms with E-state index >= 15 is 0 Å². The van der Waals surface area contributed by atoms with Gasteiger partial charge in [-0.25, -0.2) is 0 Å². The van der Waals surface area contributed by atoms with Crippen molar-refractivity contribution >= 4 is 17.7 Å². The molecule has 0 spiro atoms. The fraction of sp³-hybridized carbons (Fsp3) is 0.591. The second-order valence-corrected chi connectivity index (χ2v) is 8.03. The molecule has 1 aromatic rings. The van der Waals surface area contributed by atoms with Crippen LogP contribution >= 0.6 is 0 Å². The van der Waals surface area contributed by atoms with Crippen molar-refractivity contribution in [1.29, 1.82) is 0 Å². The second-order valence-electron chi connectivity index (χ2n) is 8.03. The highest BCUT2D eigenvalue weighted by molar-refractivity contribution is 5.79. The molecule has 2 N–H and O–H groups in total. The molecule has 7 heteroatoms. The average Bonchev–Trinajstić information content (AvgIpc) is 2.69. The molecule has 0 bridgehead atoms. The molecule has 0 saturated carbocycles. The van der Waals surface area contributed by atoms with Crippen LogP contribution in [-0.4, -0.2) is 67.8 Å². The molecular weight excluding hydrogens is 368 g/mol. The van der Waals surface area contributed by atoms with Crippen molar-refractivity contribution in [3.63, 3.8) is 0 Å². The van der Waals surface area contributed by atoms with Crippen molar-refractivity contribution in [1.82, 2.24) is 20.4 Å². The minimum Gasteiger partial charge on any atom is -0.358 e. The number of likely N-dealkylation sites (tertiary alicyclic amines) is 1. The summed E-state index contributed by atoms with van der Waals surface area (Å²) >= 11 is 0. The zero-order valence-corrected chi connectivity index (χ0v) is 18.0. The third kappa shape index (κ3) is 7.49. The Morgan fingerprint density at radius 1 is 1.17 bits per heavy atom. The lowest BCUT2D eigenvalue weighted by Crippen LogP contribution is -2.43. The Hall–Kier alpha value is -2.41. The van der Waals surface area contributed by atoms with E-state index in [1.807, 2.05) is 38.2 Å². The van der Waals surface area contributed by atoms with Crippen LogP contribution in [0.5, 0.6) is 0 Å². The fourth-order valence-electron chi connectivity index (χ4n) is 3.73. The van der Waals surface area contributed by atoms with Crippen LogP contribution in [0, 0.1) is 12.8 Å². The van der Waals surface area contributed by atoms with E-state index in [1.54, 1.807) is 11.9 Å². The smallest absolute Gasteiger partial charge is 0.233 e. The summed E-state index contributed by atoms with van der Waals surface area (Å²) in [6.07, 6.45) is 2.19. The number of hydrogen-bond acceptors (Lipinski definition) is 4. The van der Waals surface area contributed by atoms with E-state index in [1.165, 1.54) is 6.92 Å². The summed E-state index contributed by atoms with van der Waals surface area (Å²) in [4.78, 5) is 39.9. The lowest BCUT2D eigenvalue weighted by Gasteiger charge is -2.33. The van der Waals surface area contributed by atoms with Crippen molar-refractivity contribution in [2.75, 3.05) is 40.3 Å². The van der Waals surface area contributed by atoms with Gasteiger partial charge >= 0.3 is 0 Å². The van der Waals surface area contributed by atoms with Crippen LogP contribution in [0.2, 0.25) is 0 Å². The zero-order chi connectivity index (χ0) is 21.4. The highest BCUT2D eigenvalue weighted by atomic mass is 16.2. The maximum atomic E-state index is 12.8. The molecule has 2 rings (SSSR count). The van der Waals surface area contributed by atoms with Crippen LogP contribution < -0.4 is 10.6 Å². The number of amides is 3. The van der Waals surface area contributed by atoms with E-state index in [2.05, 4.69) is 15.5 Å². The number of likely N-dealkylation sites (N-methyl/N-ethyl adjacent to an activating group) is 1. The first-order valence-corrected chi connectivity index (χ1v) is 10.3. The molecule has 1 aliphatic heterocycles. The molecule has 160 valence electrons. The molecule has 0 radical (unpaired) electrons. The SMILES string of the molecule is CNC(=O)CN1CCC(CN(C)C(=O)CC(NC(C)=O)c2ccc(C)cc2)CC1. The van der Waals surface area contributed by atoms with Crippen molar-refractivity contribution < 1.29 is 14.4 Å². The summed E-state index contributed by atoms with van der Waals surface area (Å²) in [5, 5.41) is 5.56. The van der Waals surface area contributed by atoms with Gasteiger partial charge in [0.15, 0.2) is 0 Å². The molecule has 29 heavy (non-hydrogen) atoms. The fourth-order valence-corrected chi connectivity index (χ4v) is 3.73. The lowest BCUT2D eigenvalue weighted by atomic mass is 9.95. The number of piperidine rings is 1. The van der Waals surface area contributed by atoms with Gasteiger partial charge in [-0.2, -0.15) is 0 Å². The normalized spacial score (nSPS) is 16.1. The molecule has 0 aliphatic carbocycles. The van der Waals surface area contributed by atoms with E-state index in [0.717, 1.165) is 37.1 Å². The van der Waals surface area contributed by atoms with Crippen LogP contribution in [0.4, 0.5) is 0 Å². The number of nitrogens with one attached hydrogen (secondary N) is 2. The maximum Gasteiger partial charge on any atom is 0.233 e. The topological polar surface area (TPSA) is 81.8 Å². The van der Waals surface area contributed by atoms with Gasteiger partial charge in [-0.05, 0) is 44.3 Å². The molecule has 1 saturated heterocycles. The molecule has 1 heterocycles. The largest absolute Gasteiger partial charge is 0.358 e. The Kier molecular flexibility index (Phi) is 8.64. The molecule has 3 amide bonds. The number of aryl methyl sites for hydroxylation is 1. The Bertz CT molecular complexity index is 697. The molecule has 1 unspecified atom stereocenters. The number of hydrogen-bond donors (Lipinski definition) is 2. The molecular formula is C22H34N4O3. The Morgan fingerprint density at radius 2 is 1.79 bits per heavy atom. The quantitative estimate of drug-likeness (QED) is 0.690. The Labute approximate surface area is 173 Å². The van der Waals surface area contributed by atoms with Gasteiger partial charge in [0.1, 0.15) is 0 Å². The van der Waals surface area contributed by atoms with E-state index in [4.69, 9.17) is 0 Å². The van der Waals surface area contributed by atoms with E-state index < -0.39 is 0 Å². The number of nitrogens with zero attached hydrogens (tertiary/aromatic N) is 2. The predicted molar refractivity (Wildman–Crippen MR) is 113 cm³/mol. The Balaban J connectivity index is 1.87. The predicted octanol–water partition coefficient (Wildman–Crippen LogP) is 1.48. The van der Waals surface area contributed by atoms with Crippen molar-refractivity contribution in [2.45, 2.75) is 39.2 Å². The Morgan fingerprint density at radius 3 is 2.34 bits per heavy atom. The van der Waals surface area contributed by atoms with Gasteiger partial charge in [-0.1, -0.05) is 29.8 Å². The first kappa shape index (κ1) is 22.9. The zero-order valence-electron chi connectivity index (χ0n) is 18.0. The van der Waals surface area contributed by atoms with Crippen LogP contribution in [0.1, 0.15) is 43.4 Å². The van der Waals surface area contributed by atoms with Crippen molar-refractivity contribution in [3.05, 3.63) is 35.4 Å². The summed E-state index contributed by atoms with van der Waals surface area (Å²) in [6, 6.07) is 7.59. The minimum atomic E-state index is -0.322. The van der Waals surface area contributed by atoms with Crippen LogP contribution in [0.25, 0.3) is 0 Å². The van der Waals surface area contributed by atoms with Gasteiger partial charge in [0.2, 0.25) is 17.7 Å².